The van der Waals surface area contributed by atoms with Gasteiger partial charge in [-0.05, 0) is 25.1 Å². The number of nitrogens with zero attached hydrogens (tertiary/aromatic N) is 3. The van der Waals surface area contributed by atoms with Crippen LogP contribution < -0.4 is 10.9 Å². The number of nitrogens with one attached hydrogen (secondary N) is 1. The number of para-hydroxylation sites is 1. The monoisotopic (exact) mass is 410 g/mol. The maximum Gasteiger partial charge on any atom is 0.291 e. The Labute approximate surface area is 171 Å². The number of aromatic nitrogens is 3. The van der Waals surface area contributed by atoms with Gasteiger partial charge in [-0.3, -0.25) is 9.59 Å². The highest BCUT2D eigenvalue weighted by Crippen LogP contribution is 2.29. The van der Waals surface area contributed by atoms with Crippen molar-refractivity contribution in [3.05, 3.63) is 65.0 Å². The number of rotatable bonds is 7. The van der Waals surface area contributed by atoms with E-state index in [2.05, 4.69) is 10.4 Å². The number of amides is 1. The molecule has 0 saturated heterocycles. The van der Waals surface area contributed by atoms with Crippen LogP contribution >= 0.6 is 11.8 Å². The van der Waals surface area contributed by atoms with Gasteiger partial charge in [0.15, 0.2) is 0 Å². The van der Waals surface area contributed by atoms with Crippen LogP contribution in [0, 0.1) is 0 Å². The SMILES string of the molecule is CC(C(=O)NCCSCc1ccco1)n1c2ccccc2c2cnn(C)c(=O)c21. The molecular weight excluding hydrogens is 388 g/mol. The van der Waals surface area contributed by atoms with Crippen LogP contribution in [0.4, 0.5) is 0 Å². The fourth-order valence-corrected chi connectivity index (χ4v) is 4.23. The number of carbonyl (C=O) groups is 1. The number of hydrogen-bond acceptors (Lipinski definition) is 5. The Morgan fingerprint density at radius 1 is 1.24 bits per heavy atom. The molecule has 1 atom stereocenters. The van der Waals surface area contributed by atoms with Crippen molar-refractivity contribution in [2.75, 3.05) is 12.3 Å². The molecule has 0 radical (unpaired) electrons. The lowest BCUT2D eigenvalue weighted by Gasteiger charge is -2.16. The van der Waals surface area contributed by atoms with Crippen molar-refractivity contribution in [3.8, 4) is 0 Å². The van der Waals surface area contributed by atoms with E-state index >= 15 is 0 Å². The summed E-state index contributed by atoms with van der Waals surface area (Å²) in [4.78, 5) is 25.6. The molecule has 1 aromatic carbocycles. The van der Waals surface area contributed by atoms with Crippen molar-refractivity contribution < 1.29 is 9.21 Å². The molecule has 7 nitrogen and oxygen atoms in total. The zero-order valence-corrected chi connectivity index (χ0v) is 17.1. The number of carbonyl (C=O) groups excluding carboxylic acids is 1. The molecule has 0 aliphatic rings. The first-order valence-corrected chi connectivity index (χ1v) is 10.6. The first kappa shape index (κ1) is 19.3. The van der Waals surface area contributed by atoms with E-state index in [1.165, 1.54) is 4.68 Å². The Balaban J connectivity index is 1.54. The minimum Gasteiger partial charge on any atom is -0.468 e. The molecule has 1 amide bonds. The molecule has 29 heavy (non-hydrogen) atoms. The smallest absolute Gasteiger partial charge is 0.291 e. The van der Waals surface area contributed by atoms with Crippen LogP contribution in [-0.2, 0) is 17.6 Å². The third kappa shape index (κ3) is 3.67. The molecular formula is C21H22N4O3S. The highest BCUT2D eigenvalue weighted by molar-refractivity contribution is 7.98. The van der Waals surface area contributed by atoms with Gasteiger partial charge in [0.25, 0.3) is 5.56 Å². The van der Waals surface area contributed by atoms with E-state index in [0.29, 0.717) is 12.1 Å². The molecule has 3 aromatic heterocycles. The molecule has 1 N–H and O–H groups in total. The molecule has 0 fully saturated rings. The molecule has 0 aliphatic heterocycles. The molecule has 4 aromatic rings. The predicted molar refractivity (Wildman–Crippen MR) is 115 cm³/mol. The number of benzene rings is 1. The minimum absolute atomic E-state index is 0.120. The zero-order chi connectivity index (χ0) is 20.4. The van der Waals surface area contributed by atoms with Crippen molar-refractivity contribution in [1.29, 1.82) is 0 Å². The van der Waals surface area contributed by atoms with Crippen molar-refractivity contribution in [3.63, 3.8) is 0 Å². The average molecular weight is 410 g/mol. The van der Waals surface area contributed by atoms with Gasteiger partial charge in [0.05, 0.1) is 23.7 Å². The maximum atomic E-state index is 12.8. The van der Waals surface area contributed by atoms with Crippen LogP contribution in [0.25, 0.3) is 21.8 Å². The van der Waals surface area contributed by atoms with Gasteiger partial charge in [0, 0.05) is 30.1 Å². The Morgan fingerprint density at radius 3 is 2.86 bits per heavy atom. The first-order valence-electron chi connectivity index (χ1n) is 9.40. The van der Waals surface area contributed by atoms with E-state index < -0.39 is 6.04 Å². The van der Waals surface area contributed by atoms with E-state index in [9.17, 15) is 9.59 Å². The number of fused-ring (bicyclic) bond motifs is 3. The highest BCUT2D eigenvalue weighted by atomic mass is 32.2. The maximum absolute atomic E-state index is 12.8. The van der Waals surface area contributed by atoms with Gasteiger partial charge in [0.1, 0.15) is 17.3 Å². The summed E-state index contributed by atoms with van der Waals surface area (Å²) in [6.07, 6.45) is 3.34. The van der Waals surface area contributed by atoms with Gasteiger partial charge in [-0.25, -0.2) is 4.68 Å². The lowest BCUT2D eigenvalue weighted by molar-refractivity contribution is -0.123. The normalized spacial score (nSPS) is 12.5. The predicted octanol–water partition coefficient (Wildman–Crippen LogP) is 3.09. The van der Waals surface area contributed by atoms with Gasteiger partial charge < -0.3 is 14.3 Å². The summed E-state index contributed by atoms with van der Waals surface area (Å²) in [5, 5.41) is 8.80. The highest BCUT2D eigenvalue weighted by Gasteiger charge is 2.22. The van der Waals surface area contributed by atoms with E-state index in [-0.39, 0.29) is 11.5 Å². The van der Waals surface area contributed by atoms with E-state index in [1.54, 1.807) is 31.3 Å². The number of furan rings is 1. The van der Waals surface area contributed by atoms with Gasteiger partial charge in [-0.2, -0.15) is 16.9 Å². The molecule has 0 bridgehead atoms. The molecule has 4 rings (SSSR count). The van der Waals surface area contributed by atoms with E-state index in [1.807, 2.05) is 47.9 Å². The van der Waals surface area contributed by atoms with Crippen LogP contribution in [0.3, 0.4) is 0 Å². The topological polar surface area (TPSA) is 82.1 Å². The van der Waals surface area contributed by atoms with Gasteiger partial charge in [0.2, 0.25) is 5.91 Å². The Morgan fingerprint density at radius 2 is 2.07 bits per heavy atom. The summed E-state index contributed by atoms with van der Waals surface area (Å²) < 4.78 is 8.42. The molecule has 8 heteroatoms. The fourth-order valence-electron chi connectivity index (χ4n) is 3.47. The zero-order valence-electron chi connectivity index (χ0n) is 16.3. The van der Waals surface area contributed by atoms with Crippen molar-refractivity contribution >= 4 is 39.5 Å². The molecule has 3 heterocycles. The molecule has 0 saturated carbocycles. The first-order chi connectivity index (χ1) is 14.1. The third-order valence-corrected chi connectivity index (χ3v) is 5.92. The molecule has 0 aliphatic carbocycles. The fraction of sp³-hybridized carbons (Fsp3) is 0.286. The summed E-state index contributed by atoms with van der Waals surface area (Å²) in [5.41, 5.74) is 1.13. The second-order valence-corrected chi connectivity index (χ2v) is 7.93. The Bertz CT molecular complexity index is 1210. The molecule has 0 spiro atoms. The standard InChI is InChI=1S/C21H22N4O3S/c1-14(20(26)22-9-11-29-13-15-6-5-10-28-15)25-18-8-4-3-7-16(18)17-12-23-24(2)21(27)19(17)25/h3-8,10,12,14H,9,11,13H2,1-2H3,(H,22,26). The van der Waals surface area contributed by atoms with Gasteiger partial charge in [-0.1, -0.05) is 18.2 Å². The summed E-state index contributed by atoms with van der Waals surface area (Å²) >= 11 is 1.69. The number of aryl methyl sites for hydroxylation is 1. The summed E-state index contributed by atoms with van der Waals surface area (Å²) in [7, 11) is 1.62. The second kappa shape index (κ2) is 8.16. The average Bonchev–Trinajstić information content (AvgIpc) is 3.36. The van der Waals surface area contributed by atoms with Crippen molar-refractivity contribution in [2.45, 2.75) is 18.7 Å². The van der Waals surface area contributed by atoms with Crippen LogP contribution in [0.5, 0.6) is 0 Å². The number of thioether (sulfide) groups is 1. The van der Waals surface area contributed by atoms with Crippen LogP contribution in [0.15, 0.2) is 58.1 Å². The number of hydrogen-bond donors (Lipinski definition) is 1. The second-order valence-electron chi connectivity index (χ2n) is 6.82. The summed E-state index contributed by atoms with van der Waals surface area (Å²) in [6.45, 7) is 2.36. The van der Waals surface area contributed by atoms with Crippen LogP contribution in [0.2, 0.25) is 0 Å². The van der Waals surface area contributed by atoms with Gasteiger partial charge in [-0.15, -0.1) is 0 Å². The quantitative estimate of drug-likeness (QED) is 0.474. The minimum atomic E-state index is -0.525. The Kier molecular flexibility index (Phi) is 5.44. The lowest BCUT2D eigenvalue weighted by Crippen LogP contribution is -2.33. The largest absolute Gasteiger partial charge is 0.468 e. The van der Waals surface area contributed by atoms with E-state index in [0.717, 1.165) is 33.6 Å². The van der Waals surface area contributed by atoms with Crippen LogP contribution in [-0.4, -0.2) is 32.6 Å². The lowest BCUT2D eigenvalue weighted by atomic mass is 10.2. The van der Waals surface area contributed by atoms with Crippen molar-refractivity contribution in [2.24, 2.45) is 7.05 Å². The Hall–Kier alpha value is -3.00. The van der Waals surface area contributed by atoms with Gasteiger partial charge >= 0.3 is 0 Å². The van der Waals surface area contributed by atoms with E-state index in [4.69, 9.17) is 4.42 Å². The third-order valence-electron chi connectivity index (χ3n) is 4.94. The van der Waals surface area contributed by atoms with Crippen molar-refractivity contribution in [1.82, 2.24) is 19.7 Å². The summed E-state index contributed by atoms with van der Waals surface area (Å²) in [5.74, 6) is 2.35. The van der Waals surface area contributed by atoms with Crippen LogP contribution in [0.1, 0.15) is 18.7 Å². The molecule has 1 unspecified atom stereocenters. The molecule has 150 valence electrons. The summed E-state index contributed by atoms with van der Waals surface area (Å²) in [6, 6.07) is 11.0.